The summed E-state index contributed by atoms with van der Waals surface area (Å²) >= 11 is 0. The van der Waals surface area contributed by atoms with E-state index in [9.17, 15) is 9.32 Å². The van der Waals surface area contributed by atoms with Gasteiger partial charge in [0.2, 0.25) is 0 Å². The number of benzene rings is 1. The Balaban J connectivity index is 2.72. The van der Waals surface area contributed by atoms with Crippen LogP contribution in [0.25, 0.3) is 10.9 Å². The molecule has 1 aromatic carbocycles. The van der Waals surface area contributed by atoms with Gasteiger partial charge in [0, 0.05) is 9.91 Å². The van der Waals surface area contributed by atoms with Crippen molar-refractivity contribution >= 4 is 17.0 Å². The molecule has 0 spiro atoms. The predicted molar refractivity (Wildman–Crippen MR) is 50.8 cm³/mol. The number of hydrogen-bond donors (Lipinski definition) is 1. The van der Waals surface area contributed by atoms with Crippen LogP contribution < -0.4 is 0 Å². The van der Waals surface area contributed by atoms with Crippen LogP contribution in [0.5, 0.6) is 0 Å². The zero-order chi connectivity index (χ0) is 10.8. The summed E-state index contributed by atoms with van der Waals surface area (Å²) in [5, 5.41) is 9.76. The van der Waals surface area contributed by atoms with E-state index in [4.69, 9.17) is 5.11 Å². The Labute approximate surface area is 84.4 Å². The summed E-state index contributed by atoms with van der Waals surface area (Å²) in [4.78, 5) is 14.3. The highest BCUT2D eigenvalue weighted by atomic mass is 19.3. The molecule has 0 amide bonds. The summed E-state index contributed by atoms with van der Waals surface area (Å²) in [6.45, 7) is -0.357. The molecule has 0 saturated carbocycles. The van der Waals surface area contributed by atoms with E-state index in [2.05, 4.69) is 4.94 Å². The highest BCUT2D eigenvalue weighted by Crippen LogP contribution is 2.20. The molecule has 15 heavy (non-hydrogen) atoms. The van der Waals surface area contributed by atoms with Crippen LogP contribution in [0, 0.1) is 0 Å². The van der Waals surface area contributed by atoms with Crippen LogP contribution in [0.4, 0.5) is 9.32 Å². The third-order valence-electron chi connectivity index (χ3n) is 2.20. The molecule has 2 aromatic rings. The van der Waals surface area contributed by atoms with Gasteiger partial charge in [0.05, 0.1) is 17.8 Å². The molecular weight excluding hydrogens is 201 g/mol. The Morgan fingerprint density at radius 1 is 1.47 bits per heavy atom. The zero-order valence-electron chi connectivity index (χ0n) is 7.68. The van der Waals surface area contributed by atoms with Gasteiger partial charge >= 0.3 is 6.09 Å². The number of halogens is 1. The predicted octanol–water partition coefficient (Wildman–Crippen LogP) is 2.00. The molecule has 4 nitrogen and oxygen atoms in total. The number of hydrogen-bond acceptors (Lipinski definition) is 3. The summed E-state index contributed by atoms with van der Waals surface area (Å²) < 4.78 is 12.8. The number of aromatic nitrogens is 1. The molecule has 0 saturated heterocycles. The van der Waals surface area contributed by atoms with Crippen molar-refractivity contribution in [3.05, 3.63) is 36.0 Å². The van der Waals surface area contributed by atoms with Crippen molar-refractivity contribution in [1.82, 2.24) is 4.57 Å². The maximum Gasteiger partial charge on any atom is 0.456 e. The van der Waals surface area contributed by atoms with Crippen LogP contribution in [-0.4, -0.2) is 15.8 Å². The van der Waals surface area contributed by atoms with Crippen molar-refractivity contribution in [2.24, 2.45) is 0 Å². The van der Waals surface area contributed by atoms with E-state index in [0.29, 0.717) is 11.2 Å². The van der Waals surface area contributed by atoms with Crippen LogP contribution >= 0.6 is 0 Å². The Kier molecular flexibility index (Phi) is 2.39. The van der Waals surface area contributed by atoms with Gasteiger partial charge in [0.25, 0.3) is 0 Å². The molecule has 1 heterocycles. The topological polar surface area (TPSA) is 51.5 Å². The van der Waals surface area contributed by atoms with E-state index in [1.165, 1.54) is 0 Å². The van der Waals surface area contributed by atoms with Gasteiger partial charge in [0.1, 0.15) is 0 Å². The maximum atomic E-state index is 11.8. The van der Waals surface area contributed by atoms with Crippen molar-refractivity contribution in [2.45, 2.75) is 6.61 Å². The summed E-state index contributed by atoms with van der Waals surface area (Å²) in [6, 6.07) is 8.51. The van der Waals surface area contributed by atoms with Gasteiger partial charge in [-0.1, -0.05) is 18.2 Å². The third-order valence-corrected chi connectivity index (χ3v) is 2.20. The van der Waals surface area contributed by atoms with E-state index >= 15 is 0 Å². The van der Waals surface area contributed by atoms with Gasteiger partial charge in [-0.25, -0.2) is 14.3 Å². The summed E-state index contributed by atoms with van der Waals surface area (Å²) in [5.74, 6) is 0. The van der Waals surface area contributed by atoms with E-state index in [-0.39, 0.29) is 6.61 Å². The Bertz CT molecular complexity index is 506. The maximum absolute atomic E-state index is 11.8. The summed E-state index contributed by atoms with van der Waals surface area (Å²) in [6.07, 6.45) is -1.15. The lowest BCUT2D eigenvalue weighted by molar-refractivity contribution is -0.0616. The molecule has 1 aromatic heterocycles. The molecule has 0 atom stereocenters. The first-order valence-electron chi connectivity index (χ1n) is 4.31. The lowest BCUT2D eigenvalue weighted by Crippen LogP contribution is -2.12. The minimum absolute atomic E-state index is 0.291. The number of carbonyl (C=O) groups is 1. The van der Waals surface area contributed by atoms with Crippen molar-refractivity contribution in [2.75, 3.05) is 0 Å². The molecule has 0 fully saturated rings. The first kappa shape index (κ1) is 9.67. The highest BCUT2D eigenvalue weighted by molar-refractivity contribution is 5.90. The molecule has 2 rings (SSSR count). The average Bonchev–Trinajstić information content (AvgIpc) is 2.66. The minimum Gasteiger partial charge on any atom is -0.390 e. The second-order valence-corrected chi connectivity index (χ2v) is 3.03. The third kappa shape index (κ3) is 1.46. The molecule has 0 unspecified atom stereocenters. The van der Waals surface area contributed by atoms with Crippen LogP contribution in [0.1, 0.15) is 5.69 Å². The standard InChI is InChI=1S/C10H8FNO3/c11-15-10(14)12-8(6-13)5-7-3-1-2-4-9(7)12/h1-5,13H,6H2. The Morgan fingerprint density at radius 2 is 2.20 bits per heavy atom. The van der Waals surface area contributed by atoms with E-state index in [1.54, 1.807) is 30.3 Å². The first-order valence-corrected chi connectivity index (χ1v) is 4.31. The highest BCUT2D eigenvalue weighted by Gasteiger charge is 2.15. The van der Waals surface area contributed by atoms with E-state index in [1.807, 2.05) is 0 Å². The minimum atomic E-state index is -1.15. The second-order valence-electron chi connectivity index (χ2n) is 3.03. The first-order chi connectivity index (χ1) is 7.27. The van der Waals surface area contributed by atoms with Gasteiger partial charge in [-0.05, 0) is 12.1 Å². The van der Waals surface area contributed by atoms with E-state index in [0.717, 1.165) is 9.95 Å². The lowest BCUT2D eigenvalue weighted by atomic mass is 10.2. The number of aliphatic hydroxyl groups excluding tert-OH is 1. The van der Waals surface area contributed by atoms with Gasteiger partial charge in [-0.2, -0.15) is 0 Å². The van der Waals surface area contributed by atoms with Crippen molar-refractivity contribution < 1.29 is 19.4 Å². The fraction of sp³-hybridized carbons (Fsp3) is 0.100. The number of aliphatic hydroxyl groups is 1. The molecular formula is C10H8FNO3. The SMILES string of the molecule is O=C(OF)n1c(CO)cc2ccccc21. The molecule has 1 N–H and O–H groups in total. The fourth-order valence-electron chi connectivity index (χ4n) is 1.58. The molecule has 0 aliphatic rings. The van der Waals surface area contributed by atoms with Crippen LogP contribution in [0.15, 0.2) is 30.3 Å². The summed E-state index contributed by atoms with van der Waals surface area (Å²) in [7, 11) is 0. The van der Waals surface area contributed by atoms with Crippen LogP contribution in [0.3, 0.4) is 0 Å². The van der Waals surface area contributed by atoms with Crippen molar-refractivity contribution in [3.8, 4) is 0 Å². The van der Waals surface area contributed by atoms with Gasteiger partial charge in [-0.15, -0.1) is 0 Å². The normalized spacial score (nSPS) is 10.5. The molecule has 0 radical (unpaired) electrons. The monoisotopic (exact) mass is 209 g/mol. The van der Waals surface area contributed by atoms with Crippen LogP contribution in [-0.2, 0) is 11.5 Å². The Hall–Kier alpha value is -1.88. The van der Waals surface area contributed by atoms with Gasteiger partial charge in [0.15, 0.2) is 0 Å². The zero-order valence-corrected chi connectivity index (χ0v) is 7.68. The number of nitrogens with zero attached hydrogens (tertiary/aromatic N) is 1. The van der Waals surface area contributed by atoms with Crippen molar-refractivity contribution in [1.29, 1.82) is 0 Å². The fourth-order valence-corrected chi connectivity index (χ4v) is 1.58. The number of para-hydroxylation sites is 1. The smallest absolute Gasteiger partial charge is 0.390 e. The molecule has 0 aliphatic carbocycles. The molecule has 5 heteroatoms. The number of carbonyl (C=O) groups excluding carboxylic acids is 1. The molecule has 78 valence electrons. The summed E-state index contributed by atoms with van der Waals surface area (Å²) in [5.41, 5.74) is 0.794. The average molecular weight is 209 g/mol. The number of rotatable bonds is 1. The van der Waals surface area contributed by atoms with Gasteiger partial charge in [-0.3, -0.25) is 0 Å². The van der Waals surface area contributed by atoms with Gasteiger partial charge < -0.3 is 5.11 Å². The van der Waals surface area contributed by atoms with Crippen LogP contribution in [0.2, 0.25) is 0 Å². The Morgan fingerprint density at radius 3 is 2.87 bits per heavy atom. The molecule has 0 aliphatic heterocycles. The van der Waals surface area contributed by atoms with E-state index < -0.39 is 6.09 Å². The second kappa shape index (κ2) is 3.70. The number of fused-ring (bicyclic) bond motifs is 1. The quantitative estimate of drug-likeness (QED) is 0.781. The van der Waals surface area contributed by atoms with Crippen molar-refractivity contribution in [3.63, 3.8) is 0 Å². The molecule has 0 bridgehead atoms. The largest absolute Gasteiger partial charge is 0.456 e. The lowest BCUT2D eigenvalue weighted by Gasteiger charge is -2.02.